The zero-order valence-electron chi connectivity index (χ0n) is 18.3. The predicted octanol–water partition coefficient (Wildman–Crippen LogP) is 4.43. The molecule has 1 aromatic carbocycles. The average molecular weight is 410 g/mol. The number of ether oxygens (including phenoxy) is 1. The Bertz CT molecular complexity index is 890. The number of nitrogens with one attached hydrogen (secondary N) is 1. The van der Waals surface area contributed by atoms with Crippen molar-refractivity contribution in [2.75, 3.05) is 19.6 Å². The standard InChI is InChI=1S/C24H31N3O3/c1-17-20(12-13-21(26-17)19-10-6-5-7-11-19)22(28)25-15-18-9-8-14-27(16-18)23(29)30-24(2,3)4/h5-7,10-13,18H,8-9,14-16H2,1-4H3,(H,25,28). The fourth-order valence-electron chi connectivity index (χ4n) is 3.63. The first-order valence-corrected chi connectivity index (χ1v) is 10.5. The number of likely N-dealkylation sites (tertiary alicyclic amines) is 1. The molecule has 6 heteroatoms. The lowest BCUT2D eigenvalue weighted by Gasteiger charge is -2.34. The van der Waals surface area contributed by atoms with E-state index in [1.165, 1.54) is 0 Å². The third-order valence-electron chi connectivity index (χ3n) is 5.12. The molecule has 1 aliphatic heterocycles. The van der Waals surface area contributed by atoms with E-state index in [0.29, 0.717) is 30.9 Å². The van der Waals surface area contributed by atoms with Crippen molar-refractivity contribution in [1.29, 1.82) is 0 Å². The quantitative estimate of drug-likeness (QED) is 0.811. The van der Waals surface area contributed by atoms with Gasteiger partial charge < -0.3 is 15.0 Å². The van der Waals surface area contributed by atoms with Crippen LogP contribution in [-0.4, -0.2) is 47.1 Å². The molecule has 0 saturated carbocycles. The molecule has 1 fully saturated rings. The van der Waals surface area contributed by atoms with Gasteiger partial charge in [-0.3, -0.25) is 9.78 Å². The van der Waals surface area contributed by atoms with Gasteiger partial charge in [0.15, 0.2) is 0 Å². The lowest BCUT2D eigenvalue weighted by molar-refractivity contribution is 0.0167. The van der Waals surface area contributed by atoms with Crippen LogP contribution in [0.2, 0.25) is 0 Å². The Kier molecular flexibility index (Phi) is 6.75. The molecule has 1 atom stereocenters. The van der Waals surface area contributed by atoms with Crippen LogP contribution >= 0.6 is 0 Å². The van der Waals surface area contributed by atoms with Crippen LogP contribution < -0.4 is 5.32 Å². The first-order chi connectivity index (χ1) is 14.2. The molecular formula is C24H31N3O3. The van der Waals surface area contributed by atoms with Gasteiger partial charge in [0.05, 0.1) is 17.0 Å². The van der Waals surface area contributed by atoms with Crippen molar-refractivity contribution in [2.45, 2.75) is 46.1 Å². The number of hydrogen-bond acceptors (Lipinski definition) is 4. The Morgan fingerprint density at radius 1 is 1.17 bits per heavy atom. The first kappa shape index (κ1) is 21.8. The third-order valence-corrected chi connectivity index (χ3v) is 5.12. The van der Waals surface area contributed by atoms with Gasteiger partial charge in [-0.05, 0) is 58.6 Å². The third kappa shape index (κ3) is 5.81. The number of carbonyl (C=O) groups is 2. The molecular weight excluding hydrogens is 378 g/mol. The maximum atomic E-state index is 12.7. The van der Waals surface area contributed by atoms with E-state index in [4.69, 9.17) is 4.74 Å². The zero-order chi connectivity index (χ0) is 21.7. The number of hydrogen-bond donors (Lipinski definition) is 1. The van der Waals surface area contributed by atoms with Crippen LogP contribution in [0, 0.1) is 12.8 Å². The summed E-state index contributed by atoms with van der Waals surface area (Å²) in [6, 6.07) is 13.6. The molecule has 0 radical (unpaired) electrons. The normalized spacial score (nSPS) is 16.8. The Labute approximate surface area is 178 Å². The van der Waals surface area contributed by atoms with E-state index in [9.17, 15) is 9.59 Å². The van der Waals surface area contributed by atoms with E-state index in [0.717, 1.165) is 24.1 Å². The number of piperidine rings is 1. The van der Waals surface area contributed by atoms with E-state index >= 15 is 0 Å². The minimum atomic E-state index is -0.505. The number of aryl methyl sites for hydroxylation is 1. The van der Waals surface area contributed by atoms with E-state index < -0.39 is 5.60 Å². The predicted molar refractivity (Wildman–Crippen MR) is 117 cm³/mol. The lowest BCUT2D eigenvalue weighted by atomic mass is 9.98. The van der Waals surface area contributed by atoms with Crippen LogP contribution in [-0.2, 0) is 4.74 Å². The molecule has 0 bridgehead atoms. The Hall–Kier alpha value is -2.89. The molecule has 1 saturated heterocycles. The van der Waals surface area contributed by atoms with Crippen molar-refractivity contribution >= 4 is 12.0 Å². The molecule has 1 aliphatic rings. The van der Waals surface area contributed by atoms with Crippen molar-refractivity contribution in [2.24, 2.45) is 5.92 Å². The van der Waals surface area contributed by atoms with Gasteiger partial charge in [-0.2, -0.15) is 0 Å². The highest BCUT2D eigenvalue weighted by molar-refractivity contribution is 5.95. The van der Waals surface area contributed by atoms with Gasteiger partial charge in [0.1, 0.15) is 5.60 Å². The lowest BCUT2D eigenvalue weighted by Crippen LogP contribution is -2.45. The Balaban J connectivity index is 1.57. The van der Waals surface area contributed by atoms with Crippen molar-refractivity contribution in [3.8, 4) is 11.3 Å². The molecule has 0 aliphatic carbocycles. The second-order valence-electron chi connectivity index (χ2n) is 8.84. The smallest absolute Gasteiger partial charge is 0.410 e. The van der Waals surface area contributed by atoms with Crippen molar-refractivity contribution in [3.63, 3.8) is 0 Å². The highest BCUT2D eigenvalue weighted by atomic mass is 16.6. The van der Waals surface area contributed by atoms with Gasteiger partial charge in [-0.15, -0.1) is 0 Å². The summed E-state index contributed by atoms with van der Waals surface area (Å²) in [5, 5.41) is 3.02. The first-order valence-electron chi connectivity index (χ1n) is 10.5. The number of benzene rings is 1. The summed E-state index contributed by atoms with van der Waals surface area (Å²) in [6.45, 7) is 9.27. The van der Waals surface area contributed by atoms with Crippen LogP contribution in [0.3, 0.4) is 0 Å². The van der Waals surface area contributed by atoms with Gasteiger partial charge in [0, 0.05) is 25.2 Å². The number of amides is 2. The fourth-order valence-corrected chi connectivity index (χ4v) is 3.63. The highest BCUT2D eigenvalue weighted by Crippen LogP contribution is 2.20. The van der Waals surface area contributed by atoms with Crippen molar-refractivity contribution in [1.82, 2.24) is 15.2 Å². The molecule has 2 amide bonds. The van der Waals surface area contributed by atoms with Crippen molar-refractivity contribution < 1.29 is 14.3 Å². The summed E-state index contributed by atoms with van der Waals surface area (Å²) in [4.78, 5) is 31.4. The second kappa shape index (κ2) is 9.28. The fraction of sp³-hybridized carbons (Fsp3) is 0.458. The van der Waals surface area contributed by atoms with E-state index in [1.54, 1.807) is 4.90 Å². The van der Waals surface area contributed by atoms with Gasteiger partial charge in [-0.1, -0.05) is 30.3 Å². The molecule has 0 spiro atoms. The number of nitrogens with zero attached hydrogens (tertiary/aromatic N) is 2. The van der Waals surface area contributed by atoms with Gasteiger partial charge in [-0.25, -0.2) is 4.79 Å². The number of pyridine rings is 1. The van der Waals surface area contributed by atoms with E-state index in [-0.39, 0.29) is 17.9 Å². The summed E-state index contributed by atoms with van der Waals surface area (Å²) < 4.78 is 5.48. The Morgan fingerprint density at radius 3 is 2.57 bits per heavy atom. The van der Waals surface area contributed by atoms with Crippen LogP contribution in [0.25, 0.3) is 11.3 Å². The summed E-state index contributed by atoms with van der Waals surface area (Å²) in [5.74, 6) is 0.0843. The summed E-state index contributed by atoms with van der Waals surface area (Å²) in [7, 11) is 0. The number of carbonyl (C=O) groups excluding carboxylic acids is 2. The van der Waals surface area contributed by atoms with Gasteiger partial charge in [0.2, 0.25) is 0 Å². The number of aromatic nitrogens is 1. The minimum absolute atomic E-state index is 0.131. The Morgan fingerprint density at radius 2 is 1.90 bits per heavy atom. The minimum Gasteiger partial charge on any atom is -0.444 e. The number of rotatable bonds is 4. The summed E-state index contributed by atoms with van der Waals surface area (Å²) in [6.07, 6.45) is 1.60. The molecule has 2 aromatic rings. The summed E-state index contributed by atoms with van der Waals surface area (Å²) in [5.41, 5.74) is 2.65. The van der Waals surface area contributed by atoms with Gasteiger partial charge in [0.25, 0.3) is 5.91 Å². The molecule has 1 aromatic heterocycles. The maximum Gasteiger partial charge on any atom is 0.410 e. The largest absolute Gasteiger partial charge is 0.444 e. The molecule has 160 valence electrons. The molecule has 30 heavy (non-hydrogen) atoms. The molecule has 2 heterocycles. The van der Waals surface area contributed by atoms with E-state index in [2.05, 4.69) is 10.3 Å². The van der Waals surface area contributed by atoms with E-state index in [1.807, 2.05) is 70.2 Å². The molecule has 6 nitrogen and oxygen atoms in total. The maximum absolute atomic E-state index is 12.7. The SMILES string of the molecule is Cc1nc(-c2ccccc2)ccc1C(=O)NCC1CCCN(C(=O)OC(C)(C)C)C1. The average Bonchev–Trinajstić information content (AvgIpc) is 2.71. The zero-order valence-corrected chi connectivity index (χ0v) is 18.3. The molecule has 1 unspecified atom stereocenters. The molecule has 3 rings (SSSR count). The van der Waals surface area contributed by atoms with Gasteiger partial charge >= 0.3 is 6.09 Å². The second-order valence-corrected chi connectivity index (χ2v) is 8.84. The van der Waals surface area contributed by atoms with Crippen LogP contribution in [0.15, 0.2) is 42.5 Å². The summed E-state index contributed by atoms with van der Waals surface area (Å²) >= 11 is 0. The van der Waals surface area contributed by atoms with Crippen LogP contribution in [0.4, 0.5) is 4.79 Å². The highest BCUT2D eigenvalue weighted by Gasteiger charge is 2.28. The van der Waals surface area contributed by atoms with Crippen molar-refractivity contribution in [3.05, 3.63) is 53.7 Å². The topological polar surface area (TPSA) is 71.5 Å². The monoisotopic (exact) mass is 409 g/mol. The van der Waals surface area contributed by atoms with Crippen LogP contribution in [0.5, 0.6) is 0 Å². The molecule has 1 N–H and O–H groups in total. The van der Waals surface area contributed by atoms with Crippen LogP contribution in [0.1, 0.15) is 49.7 Å².